The van der Waals surface area contributed by atoms with Gasteiger partial charge >= 0.3 is 6.61 Å². The molecule has 2 rings (SSSR count). The number of halogens is 4. The molecule has 0 bridgehead atoms. The Bertz CT molecular complexity index is 490. The molecule has 1 N–H and O–H groups in total. The highest BCUT2D eigenvalue weighted by Crippen LogP contribution is 2.37. The van der Waals surface area contributed by atoms with Crippen LogP contribution in [0.4, 0.5) is 14.5 Å². The highest BCUT2D eigenvalue weighted by atomic mass is 79.9. The molecule has 1 atom stereocenters. The smallest absolute Gasteiger partial charge is 0.387 e. The lowest BCUT2D eigenvalue weighted by Crippen LogP contribution is -2.35. The van der Waals surface area contributed by atoms with Gasteiger partial charge in [-0.2, -0.15) is 8.78 Å². The van der Waals surface area contributed by atoms with Crippen molar-refractivity contribution < 1.29 is 13.5 Å². The standard InChI is InChI=1S/C14H18BrClF2N2O/c1-20-4-2-3-9(8-20)7-19-12-6-10(16)5-11(15)13(12)21-14(17)18/h5-6,9,14,19H,2-4,7-8H2,1H3. The molecule has 118 valence electrons. The summed E-state index contributed by atoms with van der Waals surface area (Å²) in [5, 5.41) is 3.66. The van der Waals surface area contributed by atoms with Gasteiger partial charge in [-0.1, -0.05) is 11.6 Å². The van der Waals surface area contributed by atoms with E-state index >= 15 is 0 Å². The zero-order chi connectivity index (χ0) is 15.4. The molecule has 3 nitrogen and oxygen atoms in total. The predicted octanol–water partition coefficient (Wildman–Crippen LogP) is 4.46. The van der Waals surface area contributed by atoms with Crippen molar-refractivity contribution in [3.05, 3.63) is 21.6 Å². The van der Waals surface area contributed by atoms with E-state index in [0.717, 1.165) is 25.9 Å². The van der Waals surface area contributed by atoms with Crippen LogP contribution < -0.4 is 10.1 Å². The third kappa shape index (κ3) is 4.97. The van der Waals surface area contributed by atoms with E-state index in [2.05, 4.69) is 37.9 Å². The van der Waals surface area contributed by atoms with E-state index in [-0.39, 0.29) is 5.75 Å². The second-order valence-corrected chi connectivity index (χ2v) is 6.58. The average Bonchev–Trinajstić information content (AvgIpc) is 2.39. The Morgan fingerprint density at radius 2 is 2.29 bits per heavy atom. The largest absolute Gasteiger partial charge is 0.431 e. The molecule has 0 aromatic heterocycles. The molecule has 1 aliphatic heterocycles. The lowest BCUT2D eigenvalue weighted by Gasteiger charge is -2.30. The first-order valence-electron chi connectivity index (χ1n) is 6.82. The maximum atomic E-state index is 12.5. The zero-order valence-corrected chi connectivity index (χ0v) is 14.1. The molecule has 0 amide bonds. The van der Waals surface area contributed by atoms with Crippen molar-refractivity contribution >= 4 is 33.2 Å². The highest BCUT2D eigenvalue weighted by molar-refractivity contribution is 9.10. The van der Waals surface area contributed by atoms with E-state index in [9.17, 15) is 8.78 Å². The number of benzene rings is 1. The van der Waals surface area contributed by atoms with Crippen molar-refractivity contribution in [1.29, 1.82) is 0 Å². The van der Waals surface area contributed by atoms with Crippen LogP contribution >= 0.6 is 27.5 Å². The van der Waals surface area contributed by atoms with E-state index in [1.165, 1.54) is 0 Å². The number of hydrogen-bond acceptors (Lipinski definition) is 3. The van der Waals surface area contributed by atoms with Gasteiger partial charge in [0.1, 0.15) is 0 Å². The van der Waals surface area contributed by atoms with Crippen molar-refractivity contribution in [1.82, 2.24) is 4.90 Å². The third-order valence-electron chi connectivity index (χ3n) is 3.52. The van der Waals surface area contributed by atoms with E-state index < -0.39 is 6.61 Å². The molecule has 0 aliphatic carbocycles. The van der Waals surface area contributed by atoms with Crippen LogP contribution in [0.2, 0.25) is 5.02 Å². The Morgan fingerprint density at radius 3 is 2.95 bits per heavy atom. The van der Waals surface area contributed by atoms with Gasteiger partial charge in [0.25, 0.3) is 0 Å². The number of alkyl halides is 2. The minimum atomic E-state index is -2.87. The van der Waals surface area contributed by atoms with Crippen molar-refractivity contribution in [2.75, 3.05) is 32.0 Å². The zero-order valence-electron chi connectivity index (χ0n) is 11.7. The molecular weight excluding hydrogens is 366 g/mol. The fourth-order valence-electron chi connectivity index (χ4n) is 2.59. The van der Waals surface area contributed by atoms with Gasteiger partial charge in [-0.05, 0) is 60.4 Å². The lowest BCUT2D eigenvalue weighted by molar-refractivity contribution is -0.0498. The van der Waals surface area contributed by atoms with Gasteiger partial charge in [-0.25, -0.2) is 0 Å². The normalized spacial score (nSPS) is 19.8. The Hall–Kier alpha value is -0.590. The van der Waals surface area contributed by atoms with Crippen LogP contribution in [0.1, 0.15) is 12.8 Å². The van der Waals surface area contributed by atoms with Crippen LogP contribution in [0, 0.1) is 5.92 Å². The first-order valence-corrected chi connectivity index (χ1v) is 7.99. The molecule has 0 radical (unpaired) electrons. The summed E-state index contributed by atoms with van der Waals surface area (Å²) < 4.78 is 30.0. The van der Waals surface area contributed by atoms with Crippen molar-refractivity contribution in [2.24, 2.45) is 5.92 Å². The first kappa shape index (κ1) is 16.8. The summed E-state index contributed by atoms with van der Waals surface area (Å²) in [7, 11) is 2.09. The summed E-state index contributed by atoms with van der Waals surface area (Å²) in [5.74, 6) is 0.583. The van der Waals surface area contributed by atoms with Crippen molar-refractivity contribution in [3.8, 4) is 5.75 Å². The Labute approximate surface area is 136 Å². The minimum Gasteiger partial charge on any atom is -0.431 e. The molecule has 1 aromatic carbocycles. The molecule has 0 saturated carbocycles. The number of nitrogens with one attached hydrogen (secondary N) is 1. The van der Waals surface area contributed by atoms with Crippen LogP contribution in [-0.2, 0) is 0 Å². The van der Waals surface area contributed by atoms with E-state index in [4.69, 9.17) is 11.6 Å². The molecule has 7 heteroatoms. The lowest BCUT2D eigenvalue weighted by atomic mass is 9.98. The molecule has 1 saturated heterocycles. The molecule has 1 unspecified atom stereocenters. The van der Waals surface area contributed by atoms with Crippen LogP contribution in [-0.4, -0.2) is 38.2 Å². The van der Waals surface area contributed by atoms with E-state index in [1.54, 1.807) is 12.1 Å². The number of hydrogen-bond donors (Lipinski definition) is 1. The fraction of sp³-hybridized carbons (Fsp3) is 0.571. The summed E-state index contributed by atoms with van der Waals surface area (Å²) >= 11 is 9.19. The Balaban J connectivity index is 2.07. The predicted molar refractivity (Wildman–Crippen MR) is 84.5 cm³/mol. The van der Waals surface area contributed by atoms with E-state index in [0.29, 0.717) is 27.6 Å². The van der Waals surface area contributed by atoms with Crippen LogP contribution in [0.5, 0.6) is 5.75 Å². The molecule has 1 fully saturated rings. The van der Waals surface area contributed by atoms with Crippen LogP contribution in [0.25, 0.3) is 0 Å². The second kappa shape index (κ2) is 7.61. The van der Waals surface area contributed by atoms with Gasteiger partial charge in [0, 0.05) is 18.1 Å². The van der Waals surface area contributed by atoms with Crippen molar-refractivity contribution in [3.63, 3.8) is 0 Å². The number of ether oxygens (including phenoxy) is 1. The summed E-state index contributed by atoms with van der Waals surface area (Å²) in [6.45, 7) is -0.0565. The summed E-state index contributed by atoms with van der Waals surface area (Å²) in [6, 6.07) is 3.15. The molecular formula is C14H18BrClF2N2O. The summed E-state index contributed by atoms with van der Waals surface area (Å²) in [5.41, 5.74) is 0.489. The molecule has 0 spiro atoms. The van der Waals surface area contributed by atoms with E-state index in [1.807, 2.05) is 0 Å². The topological polar surface area (TPSA) is 24.5 Å². The van der Waals surface area contributed by atoms with Crippen LogP contribution in [0.3, 0.4) is 0 Å². The number of likely N-dealkylation sites (tertiary alicyclic amines) is 1. The van der Waals surface area contributed by atoms with Gasteiger partial charge in [0.05, 0.1) is 10.2 Å². The van der Waals surface area contributed by atoms with Gasteiger partial charge in [-0.15, -0.1) is 0 Å². The van der Waals surface area contributed by atoms with Crippen LogP contribution in [0.15, 0.2) is 16.6 Å². The molecule has 1 aromatic rings. The maximum absolute atomic E-state index is 12.5. The fourth-order valence-corrected chi connectivity index (χ4v) is 3.50. The second-order valence-electron chi connectivity index (χ2n) is 5.29. The number of rotatable bonds is 5. The van der Waals surface area contributed by atoms with Gasteiger partial charge < -0.3 is 15.0 Å². The maximum Gasteiger partial charge on any atom is 0.387 e. The minimum absolute atomic E-state index is 0.0959. The first-order chi connectivity index (χ1) is 9.95. The molecule has 1 heterocycles. The number of anilines is 1. The van der Waals surface area contributed by atoms with Crippen molar-refractivity contribution in [2.45, 2.75) is 19.5 Å². The third-order valence-corrected chi connectivity index (χ3v) is 4.33. The Morgan fingerprint density at radius 1 is 1.52 bits per heavy atom. The van der Waals surface area contributed by atoms with Gasteiger partial charge in [0.15, 0.2) is 5.75 Å². The summed E-state index contributed by atoms with van der Waals surface area (Å²) in [4.78, 5) is 2.28. The Kier molecular flexibility index (Phi) is 6.08. The molecule has 1 aliphatic rings. The quantitative estimate of drug-likeness (QED) is 0.812. The number of nitrogens with zero attached hydrogens (tertiary/aromatic N) is 1. The average molecular weight is 384 g/mol. The van der Waals surface area contributed by atoms with Gasteiger partial charge in [-0.3, -0.25) is 0 Å². The highest BCUT2D eigenvalue weighted by Gasteiger charge is 2.19. The monoisotopic (exact) mass is 382 g/mol. The SMILES string of the molecule is CN1CCCC(CNc2cc(Cl)cc(Br)c2OC(F)F)C1. The number of piperidine rings is 1. The van der Waals surface area contributed by atoms with Gasteiger partial charge in [0.2, 0.25) is 0 Å². The molecule has 21 heavy (non-hydrogen) atoms. The summed E-state index contributed by atoms with van der Waals surface area (Å²) in [6.07, 6.45) is 2.28.